The summed E-state index contributed by atoms with van der Waals surface area (Å²) in [6.45, 7) is 4.14. The minimum absolute atomic E-state index is 0.0340. The first-order chi connectivity index (χ1) is 37.0. The Morgan fingerprint density at radius 2 is 0.750 bits per heavy atom. The summed E-state index contributed by atoms with van der Waals surface area (Å²) in [7, 11) is 1.16. The minimum Gasteiger partial charge on any atom is -0.756 e. The Bertz CT molecular complexity index is 1600. The van der Waals surface area contributed by atoms with Crippen molar-refractivity contribution < 1.29 is 42.1 Å². The molecule has 0 aromatic carbocycles. The van der Waals surface area contributed by atoms with E-state index in [1.807, 2.05) is 21.1 Å². The summed E-state index contributed by atoms with van der Waals surface area (Å²) in [4.78, 5) is 37.9. The van der Waals surface area contributed by atoms with Crippen LogP contribution in [0.4, 0.5) is 0 Å². The predicted octanol–water partition coefficient (Wildman–Crippen LogP) is 19.0. The van der Waals surface area contributed by atoms with Crippen molar-refractivity contribution in [3.63, 3.8) is 0 Å². The van der Waals surface area contributed by atoms with Gasteiger partial charge in [0, 0.05) is 12.8 Å². The highest BCUT2D eigenvalue weighted by molar-refractivity contribution is 7.45. The first-order valence-electron chi connectivity index (χ1n) is 30.9. The van der Waals surface area contributed by atoms with Crippen molar-refractivity contribution in [1.82, 2.24) is 0 Å². The number of rotatable bonds is 56. The van der Waals surface area contributed by atoms with E-state index in [1.54, 1.807) is 0 Å². The fraction of sp³-hybridized carbons (Fsp3) is 0.727. The highest BCUT2D eigenvalue weighted by Crippen LogP contribution is 2.38. The van der Waals surface area contributed by atoms with Gasteiger partial charge in [0.05, 0.1) is 27.7 Å². The molecule has 0 spiro atoms. The van der Waals surface area contributed by atoms with Crippen molar-refractivity contribution in [2.24, 2.45) is 0 Å². The Labute approximate surface area is 468 Å². The largest absolute Gasteiger partial charge is 0.756 e. The lowest BCUT2D eigenvalue weighted by Crippen LogP contribution is -2.37. The lowest BCUT2D eigenvalue weighted by atomic mass is 10.0. The molecule has 0 rings (SSSR count). The number of nitrogens with zero attached hydrogens (tertiary/aromatic N) is 1. The fourth-order valence-corrected chi connectivity index (χ4v) is 9.11. The molecule has 0 radical (unpaired) electrons. The van der Waals surface area contributed by atoms with Gasteiger partial charge in [0.15, 0.2) is 6.10 Å². The van der Waals surface area contributed by atoms with Crippen LogP contribution in [0.3, 0.4) is 0 Å². The minimum atomic E-state index is -4.64. The van der Waals surface area contributed by atoms with Gasteiger partial charge < -0.3 is 27.9 Å². The van der Waals surface area contributed by atoms with E-state index >= 15 is 0 Å². The summed E-state index contributed by atoms with van der Waals surface area (Å²) in [6, 6.07) is 0. The normalized spacial score (nSPS) is 13.9. The summed E-state index contributed by atoms with van der Waals surface area (Å²) < 4.78 is 34.2. The van der Waals surface area contributed by atoms with Crippen LogP contribution in [0.15, 0.2) is 97.2 Å². The molecule has 0 saturated carbocycles. The highest BCUT2D eigenvalue weighted by Gasteiger charge is 2.22. The number of likely N-dealkylation sites (N-methyl/N-ethyl adjacent to an activating group) is 1. The molecule has 0 saturated heterocycles. The molecular weight excluding hydrogens is 966 g/mol. The standard InChI is InChI=1S/C66H116NO8P/c1-6-8-10-12-14-16-18-20-22-24-25-26-27-28-29-30-31-32-33-34-35-36-37-38-39-40-41-43-45-47-49-51-53-55-57-59-66(69)75-64(63-74-76(70,71)73-61-60-67(3,4)5)62-72-65(68)58-56-54-52-50-48-46-44-42-23-21-19-17-15-13-11-9-7-2/h8,10,14,16,20,22,25-26,28-29,31-32,34-35,37-38,64H,6-7,9,11-13,15,17-19,21,23-24,27,30,33,36,39-63H2,1-5H3/b10-8-,16-14-,22-20-,26-25-,29-28-,32-31-,35-34-,38-37-. The zero-order valence-electron chi connectivity index (χ0n) is 49.7. The van der Waals surface area contributed by atoms with Gasteiger partial charge in [-0.05, 0) is 77.0 Å². The number of quaternary nitrogens is 1. The third-order valence-electron chi connectivity index (χ3n) is 13.1. The summed E-state index contributed by atoms with van der Waals surface area (Å²) in [5.74, 6) is -0.834. The number of carbonyl (C=O) groups excluding carboxylic acids is 2. The summed E-state index contributed by atoms with van der Waals surface area (Å²) in [5, 5.41) is 0. The van der Waals surface area contributed by atoms with E-state index in [0.717, 1.165) is 96.3 Å². The maximum Gasteiger partial charge on any atom is 0.306 e. The zero-order chi connectivity index (χ0) is 55.6. The molecule has 2 unspecified atom stereocenters. The van der Waals surface area contributed by atoms with Gasteiger partial charge in [0.25, 0.3) is 7.82 Å². The Kier molecular flexibility index (Phi) is 54.4. The third-order valence-corrected chi connectivity index (χ3v) is 14.1. The van der Waals surface area contributed by atoms with Crippen LogP contribution in [0.5, 0.6) is 0 Å². The van der Waals surface area contributed by atoms with Crippen LogP contribution in [0, 0.1) is 0 Å². The molecule has 10 heteroatoms. The van der Waals surface area contributed by atoms with Crippen molar-refractivity contribution in [3.8, 4) is 0 Å². The van der Waals surface area contributed by atoms with Crippen LogP contribution in [0.25, 0.3) is 0 Å². The number of ether oxygens (including phenoxy) is 2. The average Bonchev–Trinajstić information content (AvgIpc) is 3.38. The van der Waals surface area contributed by atoms with E-state index in [-0.39, 0.29) is 32.0 Å². The lowest BCUT2D eigenvalue weighted by Gasteiger charge is -2.28. The monoisotopic (exact) mass is 1080 g/mol. The van der Waals surface area contributed by atoms with Crippen molar-refractivity contribution in [2.45, 2.75) is 264 Å². The third kappa shape index (κ3) is 60.2. The summed E-state index contributed by atoms with van der Waals surface area (Å²) >= 11 is 0. The Balaban J connectivity index is 4.12. The number of esters is 2. The maximum absolute atomic E-state index is 12.8. The number of carbonyl (C=O) groups is 2. The summed E-state index contributed by atoms with van der Waals surface area (Å²) in [5.41, 5.74) is 0. The average molecular weight is 1080 g/mol. The molecule has 0 fully saturated rings. The van der Waals surface area contributed by atoms with Gasteiger partial charge in [-0.1, -0.05) is 265 Å². The van der Waals surface area contributed by atoms with Gasteiger partial charge >= 0.3 is 11.9 Å². The van der Waals surface area contributed by atoms with Crippen molar-refractivity contribution in [3.05, 3.63) is 97.2 Å². The quantitative estimate of drug-likeness (QED) is 0.0195. The predicted molar refractivity (Wildman–Crippen MR) is 323 cm³/mol. The van der Waals surface area contributed by atoms with Crippen LogP contribution in [-0.4, -0.2) is 70.0 Å². The molecule has 0 aromatic heterocycles. The van der Waals surface area contributed by atoms with Crippen molar-refractivity contribution >= 4 is 19.8 Å². The Morgan fingerprint density at radius 3 is 1.12 bits per heavy atom. The molecule has 0 aliphatic heterocycles. The topological polar surface area (TPSA) is 111 Å². The lowest BCUT2D eigenvalue weighted by molar-refractivity contribution is -0.870. The van der Waals surface area contributed by atoms with Gasteiger partial charge in [-0.15, -0.1) is 0 Å². The number of phosphoric acid groups is 1. The molecule has 2 atom stereocenters. The van der Waals surface area contributed by atoms with E-state index in [9.17, 15) is 19.0 Å². The van der Waals surface area contributed by atoms with E-state index in [1.165, 1.54) is 128 Å². The van der Waals surface area contributed by atoms with Gasteiger partial charge in [0.2, 0.25) is 0 Å². The van der Waals surface area contributed by atoms with Gasteiger partial charge in [-0.2, -0.15) is 0 Å². The molecule has 438 valence electrons. The van der Waals surface area contributed by atoms with E-state index in [4.69, 9.17) is 18.5 Å². The SMILES string of the molecule is CC/C=C\C/C=C\C/C=C\C/C=C\C/C=C\C/C=C\C/C=C\C/C=C\CCCCCCCCCCCCC(=O)OC(COC(=O)CCCCCCCCCCCCCCCCCCC)COP(=O)([O-])OCC[N+](C)(C)C. The Morgan fingerprint density at radius 1 is 0.421 bits per heavy atom. The molecule has 0 N–H and O–H groups in total. The smallest absolute Gasteiger partial charge is 0.306 e. The van der Waals surface area contributed by atoms with Gasteiger partial charge in [-0.3, -0.25) is 14.2 Å². The van der Waals surface area contributed by atoms with Crippen molar-refractivity contribution in [1.29, 1.82) is 0 Å². The van der Waals surface area contributed by atoms with Crippen molar-refractivity contribution in [2.75, 3.05) is 47.5 Å². The first-order valence-corrected chi connectivity index (χ1v) is 32.4. The number of allylic oxidation sites excluding steroid dienone is 16. The number of unbranched alkanes of at least 4 members (excludes halogenated alkanes) is 26. The van der Waals surface area contributed by atoms with E-state index < -0.39 is 26.5 Å². The van der Waals surface area contributed by atoms with E-state index in [0.29, 0.717) is 17.4 Å². The molecule has 0 aliphatic rings. The zero-order valence-corrected chi connectivity index (χ0v) is 50.6. The molecule has 0 amide bonds. The maximum atomic E-state index is 12.8. The van der Waals surface area contributed by atoms with Crippen LogP contribution >= 0.6 is 7.82 Å². The van der Waals surface area contributed by atoms with E-state index in [2.05, 4.69) is 111 Å². The van der Waals surface area contributed by atoms with Crippen LogP contribution < -0.4 is 4.89 Å². The second-order valence-corrected chi connectivity index (χ2v) is 23.1. The van der Waals surface area contributed by atoms with Gasteiger partial charge in [-0.25, -0.2) is 0 Å². The number of phosphoric ester groups is 1. The summed E-state index contributed by atoms with van der Waals surface area (Å²) in [6.07, 6.45) is 77.4. The number of hydrogen-bond acceptors (Lipinski definition) is 8. The molecule has 76 heavy (non-hydrogen) atoms. The molecule has 0 aliphatic carbocycles. The van der Waals surface area contributed by atoms with Crippen LogP contribution in [0.1, 0.15) is 258 Å². The second kappa shape index (κ2) is 56.6. The molecule has 0 aromatic rings. The highest BCUT2D eigenvalue weighted by atomic mass is 31.2. The molecule has 9 nitrogen and oxygen atoms in total. The molecule has 0 bridgehead atoms. The van der Waals surface area contributed by atoms with Gasteiger partial charge in [0.1, 0.15) is 19.8 Å². The van der Waals surface area contributed by atoms with Crippen LogP contribution in [0.2, 0.25) is 0 Å². The second-order valence-electron chi connectivity index (χ2n) is 21.7. The first kappa shape index (κ1) is 72.9. The van der Waals surface area contributed by atoms with Crippen LogP contribution in [-0.2, 0) is 32.7 Å². The Hall–Kier alpha value is -3.07. The fourth-order valence-electron chi connectivity index (χ4n) is 8.38. The molecular formula is C66H116NO8P. The number of hydrogen-bond donors (Lipinski definition) is 0. The molecule has 0 heterocycles.